The third-order valence-electron chi connectivity index (χ3n) is 1.76. The highest BCUT2D eigenvalue weighted by Crippen LogP contribution is 2.13. The summed E-state index contributed by atoms with van der Waals surface area (Å²) >= 11 is 0. The topological polar surface area (TPSA) is 72.3 Å². The number of carbonyl (C=O) groups excluding carboxylic acids is 1. The van der Waals surface area contributed by atoms with Crippen LogP contribution in [0.3, 0.4) is 0 Å². The summed E-state index contributed by atoms with van der Waals surface area (Å²) in [4.78, 5) is 12.3. The fourth-order valence-electron chi connectivity index (χ4n) is 1.12. The molecule has 0 heterocycles. The van der Waals surface area contributed by atoms with Gasteiger partial charge in [-0.15, -0.1) is 0 Å². The fraction of sp³-hybridized carbons (Fsp3) is 0.222. The maximum Gasteiger partial charge on any atom is 0.319 e. The lowest BCUT2D eigenvalue weighted by molar-refractivity contribution is 0.254. The lowest BCUT2D eigenvalue weighted by atomic mass is 10.3. The lowest BCUT2D eigenvalue weighted by Gasteiger charge is -2.19. The molecule has 0 bridgehead atoms. The summed E-state index contributed by atoms with van der Waals surface area (Å²) in [6.45, 7) is 0.626. The molecule has 2 amide bonds. The monoisotopic (exact) mass is 197 g/mol. The average molecular weight is 197 g/mol. The Morgan fingerprint density at radius 2 is 1.93 bits per heavy atom. The number of anilines is 1. The van der Waals surface area contributed by atoms with E-state index in [2.05, 4.69) is 0 Å². The van der Waals surface area contributed by atoms with E-state index in [9.17, 15) is 9.18 Å². The standard InChI is InChI=1S/C9H12FN3O/c10-7-1-3-8(4-2-7)13(6-5-11)9(12)14/h1-4H,5-6,11H2,(H2,12,14). The van der Waals surface area contributed by atoms with Gasteiger partial charge in [0.15, 0.2) is 0 Å². The van der Waals surface area contributed by atoms with Crippen LogP contribution in [0.1, 0.15) is 0 Å². The van der Waals surface area contributed by atoms with E-state index in [1.54, 1.807) is 0 Å². The van der Waals surface area contributed by atoms with Gasteiger partial charge in [0.25, 0.3) is 0 Å². The zero-order valence-electron chi connectivity index (χ0n) is 7.61. The van der Waals surface area contributed by atoms with Crippen LogP contribution in [0.15, 0.2) is 24.3 Å². The number of rotatable bonds is 3. The summed E-state index contributed by atoms with van der Waals surface area (Å²) in [6, 6.07) is 4.90. The van der Waals surface area contributed by atoms with E-state index in [1.165, 1.54) is 29.2 Å². The Bertz CT molecular complexity index is 312. The second kappa shape index (κ2) is 4.57. The Labute approximate surface area is 81.3 Å². The quantitative estimate of drug-likeness (QED) is 0.747. The van der Waals surface area contributed by atoms with Crippen LogP contribution in [0.4, 0.5) is 14.9 Å². The first kappa shape index (κ1) is 10.5. The predicted molar refractivity (Wildman–Crippen MR) is 52.4 cm³/mol. The number of hydrogen-bond donors (Lipinski definition) is 2. The molecule has 1 aromatic carbocycles. The Kier molecular flexibility index (Phi) is 3.41. The molecule has 0 aliphatic heterocycles. The van der Waals surface area contributed by atoms with Gasteiger partial charge in [-0.2, -0.15) is 0 Å². The van der Waals surface area contributed by atoms with E-state index in [-0.39, 0.29) is 5.82 Å². The number of primary amides is 1. The van der Waals surface area contributed by atoms with Crippen molar-refractivity contribution >= 4 is 11.7 Å². The van der Waals surface area contributed by atoms with Crippen LogP contribution in [-0.2, 0) is 0 Å². The van der Waals surface area contributed by atoms with E-state index in [0.717, 1.165) is 0 Å². The largest absolute Gasteiger partial charge is 0.351 e. The van der Waals surface area contributed by atoms with Gasteiger partial charge in [-0.05, 0) is 24.3 Å². The summed E-state index contributed by atoms with van der Waals surface area (Å²) in [5, 5.41) is 0. The van der Waals surface area contributed by atoms with Crippen LogP contribution in [0.5, 0.6) is 0 Å². The maximum absolute atomic E-state index is 12.6. The van der Waals surface area contributed by atoms with Crippen molar-refractivity contribution in [2.45, 2.75) is 0 Å². The molecule has 5 heteroatoms. The molecular formula is C9H12FN3O. The van der Waals surface area contributed by atoms with E-state index in [0.29, 0.717) is 18.8 Å². The van der Waals surface area contributed by atoms with Gasteiger partial charge in [-0.25, -0.2) is 9.18 Å². The highest BCUT2D eigenvalue weighted by Gasteiger charge is 2.10. The van der Waals surface area contributed by atoms with Gasteiger partial charge in [0, 0.05) is 18.8 Å². The first-order valence-electron chi connectivity index (χ1n) is 4.17. The van der Waals surface area contributed by atoms with Crippen molar-refractivity contribution in [1.82, 2.24) is 0 Å². The second-order valence-electron chi connectivity index (χ2n) is 2.75. The van der Waals surface area contributed by atoms with Crippen molar-refractivity contribution in [2.75, 3.05) is 18.0 Å². The molecular weight excluding hydrogens is 185 g/mol. The molecule has 0 radical (unpaired) electrons. The van der Waals surface area contributed by atoms with Crippen molar-refractivity contribution in [3.8, 4) is 0 Å². The Hall–Kier alpha value is -1.62. The molecule has 4 N–H and O–H groups in total. The van der Waals surface area contributed by atoms with E-state index in [1.807, 2.05) is 0 Å². The number of nitrogens with two attached hydrogens (primary N) is 2. The Morgan fingerprint density at radius 1 is 1.36 bits per heavy atom. The van der Waals surface area contributed by atoms with E-state index < -0.39 is 6.03 Å². The van der Waals surface area contributed by atoms with Crippen molar-refractivity contribution < 1.29 is 9.18 Å². The lowest BCUT2D eigenvalue weighted by Crippen LogP contribution is -2.39. The number of nitrogens with zero attached hydrogens (tertiary/aromatic N) is 1. The summed E-state index contributed by atoms with van der Waals surface area (Å²) in [5.41, 5.74) is 11.0. The SMILES string of the molecule is NCCN(C(N)=O)c1ccc(F)cc1. The molecule has 14 heavy (non-hydrogen) atoms. The molecule has 1 aromatic rings. The maximum atomic E-state index is 12.6. The summed E-state index contributed by atoms with van der Waals surface area (Å²) in [5.74, 6) is -0.356. The number of benzene rings is 1. The number of halogens is 1. The molecule has 0 aromatic heterocycles. The molecule has 0 saturated carbocycles. The third kappa shape index (κ3) is 2.43. The van der Waals surface area contributed by atoms with Crippen LogP contribution in [-0.4, -0.2) is 19.1 Å². The van der Waals surface area contributed by atoms with Gasteiger partial charge in [-0.3, -0.25) is 4.90 Å². The zero-order valence-corrected chi connectivity index (χ0v) is 7.61. The van der Waals surface area contributed by atoms with Crippen molar-refractivity contribution in [1.29, 1.82) is 0 Å². The van der Waals surface area contributed by atoms with Crippen molar-refractivity contribution in [3.63, 3.8) is 0 Å². The molecule has 0 aliphatic rings. The Balaban J connectivity index is 2.87. The summed E-state index contributed by atoms with van der Waals surface area (Å²) in [7, 11) is 0. The number of amides is 2. The molecule has 0 atom stereocenters. The van der Waals surface area contributed by atoms with Crippen LogP contribution in [0.25, 0.3) is 0 Å². The van der Waals surface area contributed by atoms with Gasteiger partial charge in [-0.1, -0.05) is 0 Å². The molecule has 0 saturated heterocycles. The van der Waals surface area contributed by atoms with Gasteiger partial charge < -0.3 is 11.5 Å². The normalized spacial score (nSPS) is 9.86. The first-order chi connectivity index (χ1) is 6.65. The zero-order chi connectivity index (χ0) is 10.6. The molecule has 76 valence electrons. The third-order valence-corrected chi connectivity index (χ3v) is 1.76. The molecule has 0 fully saturated rings. The van der Waals surface area contributed by atoms with Crippen LogP contribution in [0, 0.1) is 5.82 Å². The number of hydrogen-bond acceptors (Lipinski definition) is 2. The van der Waals surface area contributed by atoms with Crippen LogP contribution in [0.2, 0.25) is 0 Å². The molecule has 0 aliphatic carbocycles. The number of carbonyl (C=O) groups is 1. The minimum atomic E-state index is -0.595. The van der Waals surface area contributed by atoms with Gasteiger partial charge in [0.2, 0.25) is 0 Å². The van der Waals surface area contributed by atoms with Crippen molar-refractivity contribution in [2.24, 2.45) is 11.5 Å². The van der Waals surface area contributed by atoms with Gasteiger partial charge in [0.05, 0.1) is 0 Å². The summed E-state index contributed by atoms with van der Waals surface area (Å²) in [6.07, 6.45) is 0. The molecule has 0 spiro atoms. The van der Waals surface area contributed by atoms with Crippen LogP contribution < -0.4 is 16.4 Å². The average Bonchev–Trinajstić information content (AvgIpc) is 2.15. The fourth-order valence-corrected chi connectivity index (χ4v) is 1.12. The number of urea groups is 1. The Morgan fingerprint density at radius 3 is 2.36 bits per heavy atom. The second-order valence-corrected chi connectivity index (χ2v) is 2.75. The highest BCUT2D eigenvalue weighted by atomic mass is 19.1. The minimum absolute atomic E-state index is 0.306. The molecule has 4 nitrogen and oxygen atoms in total. The summed E-state index contributed by atoms with van der Waals surface area (Å²) < 4.78 is 12.6. The van der Waals surface area contributed by atoms with Gasteiger partial charge >= 0.3 is 6.03 Å². The van der Waals surface area contributed by atoms with Crippen molar-refractivity contribution in [3.05, 3.63) is 30.1 Å². The first-order valence-corrected chi connectivity index (χ1v) is 4.17. The van der Waals surface area contributed by atoms with Gasteiger partial charge in [0.1, 0.15) is 5.82 Å². The minimum Gasteiger partial charge on any atom is -0.351 e. The van der Waals surface area contributed by atoms with E-state index in [4.69, 9.17) is 11.5 Å². The predicted octanol–water partition coefficient (Wildman–Crippen LogP) is 0.669. The molecule has 0 unspecified atom stereocenters. The van der Waals surface area contributed by atoms with E-state index >= 15 is 0 Å². The van der Waals surface area contributed by atoms with Crippen LogP contribution >= 0.6 is 0 Å². The smallest absolute Gasteiger partial charge is 0.319 e. The molecule has 1 rings (SSSR count). The highest BCUT2D eigenvalue weighted by molar-refractivity contribution is 5.90.